The maximum atomic E-state index is 13.3. The van der Waals surface area contributed by atoms with E-state index in [2.05, 4.69) is 5.32 Å². The number of carbonyl (C=O) groups is 1. The van der Waals surface area contributed by atoms with Crippen molar-refractivity contribution in [3.05, 3.63) is 75.5 Å². The Balaban J connectivity index is 1.82. The Morgan fingerprint density at radius 1 is 1.27 bits per heavy atom. The number of amides is 1. The molecule has 9 heteroatoms. The molecule has 172 valence electrons. The first-order valence-corrected chi connectivity index (χ1v) is 10.9. The van der Waals surface area contributed by atoms with Crippen LogP contribution in [0.4, 0.5) is 0 Å². The van der Waals surface area contributed by atoms with E-state index in [9.17, 15) is 9.59 Å². The number of nitrogens with zero attached hydrogens (tertiary/aromatic N) is 3. The van der Waals surface area contributed by atoms with E-state index >= 15 is 0 Å². The first-order valence-electron chi connectivity index (χ1n) is 10.9. The van der Waals surface area contributed by atoms with Gasteiger partial charge in [0.2, 0.25) is 0 Å². The van der Waals surface area contributed by atoms with E-state index in [-0.39, 0.29) is 34.6 Å². The molecule has 0 atom stereocenters. The molecule has 0 spiro atoms. The molecule has 0 aliphatic carbocycles. The zero-order valence-electron chi connectivity index (χ0n) is 18.9. The van der Waals surface area contributed by atoms with Gasteiger partial charge in [-0.2, -0.15) is 0 Å². The Bertz CT molecular complexity index is 1420. The van der Waals surface area contributed by atoms with Crippen molar-refractivity contribution >= 4 is 22.6 Å². The van der Waals surface area contributed by atoms with Gasteiger partial charge in [0.15, 0.2) is 0 Å². The van der Waals surface area contributed by atoms with E-state index in [0.717, 1.165) is 5.56 Å². The fourth-order valence-electron chi connectivity index (χ4n) is 3.70. The van der Waals surface area contributed by atoms with Crippen molar-refractivity contribution < 1.29 is 13.9 Å². The van der Waals surface area contributed by atoms with Crippen molar-refractivity contribution in [1.82, 2.24) is 19.3 Å². The van der Waals surface area contributed by atoms with Gasteiger partial charge in [-0.3, -0.25) is 19.4 Å². The Morgan fingerprint density at radius 2 is 2.09 bits per heavy atom. The molecule has 2 N–H and O–H groups in total. The van der Waals surface area contributed by atoms with Gasteiger partial charge in [0.05, 0.1) is 29.9 Å². The van der Waals surface area contributed by atoms with Crippen molar-refractivity contribution in [1.29, 1.82) is 5.41 Å². The number of rotatable bonds is 8. The molecule has 0 radical (unpaired) electrons. The summed E-state index contributed by atoms with van der Waals surface area (Å²) in [5.41, 5.74) is 1.56. The fourth-order valence-corrected chi connectivity index (χ4v) is 3.70. The number of aryl methyl sites for hydroxylation is 2. The third-order valence-corrected chi connectivity index (χ3v) is 5.36. The molecule has 0 saturated carbocycles. The molecule has 0 fully saturated rings. The lowest BCUT2D eigenvalue weighted by atomic mass is 10.2. The quantitative estimate of drug-likeness (QED) is 0.317. The van der Waals surface area contributed by atoms with Crippen LogP contribution in [0.5, 0.6) is 0 Å². The molecule has 0 aromatic carbocycles. The van der Waals surface area contributed by atoms with Crippen LogP contribution >= 0.6 is 0 Å². The zero-order valence-corrected chi connectivity index (χ0v) is 18.9. The number of pyridine rings is 2. The minimum atomic E-state index is -0.459. The lowest BCUT2D eigenvalue weighted by molar-refractivity contribution is 0.0748. The molecule has 1 amide bonds. The highest BCUT2D eigenvalue weighted by atomic mass is 16.5. The molecule has 4 heterocycles. The normalized spacial score (nSPS) is 11.5. The van der Waals surface area contributed by atoms with Crippen LogP contribution in [0.15, 0.2) is 52.0 Å². The monoisotopic (exact) mass is 449 g/mol. The minimum absolute atomic E-state index is 0.00572. The van der Waals surface area contributed by atoms with Crippen LogP contribution in [-0.2, 0) is 17.8 Å². The van der Waals surface area contributed by atoms with Crippen molar-refractivity contribution in [2.75, 3.05) is 6.61 Å². The van der Waals surface area contributed by atoms with Gasteiger partial charge in [-0.15, -0.1) is 0 Å². The second kappa shape index (κ2) is 9.41. The van der Waals surface area contributed by atoms with Gasteiger partial charge in [0, 0.05) is 19.3 Å². The van der Waals surface area contributed by atoms with Gasteiger partial charge in [0.25, 0.3) is 11.5 Å². The molecule has 4 aromatic heterocycles. The van der Waals surface area contributed by atoms with Gasteiger partial charge in [-0.1, -0.05) is 6.07 Å². The highest BCUT2D eigenvalue weighted by Gasteiger charge is 2.18. The van der Waals surface area contributed by atoms with Gasteiger partial charge >= 0.3 is 0 Å². The lowest BCUT2D eigenvalue weighted by Gasteiger charge is -2.15. The summed E-state index contributed by atoms with van der Waals surface area (Å²) in [5, 5.41) is 11.8. The first-order chi connectivity index (χ1) is 15.9. The van der Waals surface area contributed by atoms with E-state index in [1.165, 1.54) is 16.7 Å². The van der Waals surface area contributed by atoms with Crippen LogP contribution in [0.3, 0.4) is 0 Å². The average Bonchev–Trinajstić information content (AvgIpc) is 3.30. The molecule has 0 bridgehead atoms. The molecule has 9 nitrogen and oxygen atoms in total. The summed E-state index contributed by atoms with van der Waals surface area (Å²) in [5.74, 6) is 0.136. The summed E-state index contributed by atoms with van der Waals surface area (Å²) < 4.78 is 14.0. The second-order valence-corrected chi connectivity index (χ2v) is 8.13. The second-order valence-electron chi connectivity index (χ2n) is 8.13. The Hall–Kier alpha value is -3.72. The third-order valence-electron chi connectivity index (χ3n) is 5.36. The number of aromatic nitrogens is 3. The van der Waals surface area contributed by atoms with Crippen molar-refractivity contribution in [2.45, 2.75) is 46.4 Å². The molecule has 33 heavy (non-hydrogen) atoms. The van der Waals surface area contributed by atoms with Crippen LogP contribution in [0.2, 0.25) is 0 Å². The van der Waals surface area contributed by atoms with Crippen LogP contribution in [0.1, 0.15) is 41.9 Å². The lowest BCUT2D eigenvalue weighted by Crippen LogP contribution is -2.35. The Labute approximate surface area is 190 Å². The van der Waals surface area contributed by atoms with Gasteiger partial charge in [0.1, 0.15) is 22.5 Å². The van der Waals surface area contributed by atoms with Crippen LogP contribution in [0, 0.1) is 12.3 Å². The number of carbonyl (C=O) groups excluding carboxylic acids is 1. The van der Waals surface area contributed by atoms with Crippen LogP contribution in [0.25, 0.3) is 16.7 Å². The van der Waals surface area contributed by atoms with Crippen molar-refractivity contribution in [2.24, 2.45) is 0 Å². The van der Waals surface area contributed by atoms with E-state index in [4.69, 9.17) is 19.5 Å². The van der Waals surface area contributed by atoms with E-state index in [0.29, 0.717) is 36.6 Å². The summed E-state index contributed by atoms with van der Waals surface area (Å²) in [6, 6.07) is 8.61. The zero-order chi connectivity index (χ0) is 23.5. The fraction of sp³-hybridized carbons (Fsp3) is 0.333. The molecule has 0 aliphatic rings. The summed E-state index contributed by atoms with van der Waals surface area (Å²) in [4.78, 5) is 31.0. The number of hydrogen-bond acceptors (Lipinski definition) is 6. The summed E-state index contributed by atoms with van der Waals surface area (Å²) >= 11 is 0. The summed E-state index contributed by atoms with van der Waals surface area (Å²) in [6.45, 7) is 6.85. The third kappa shape index (κ3) is 4.58. The smallest absolute Gasteiger partial charge is 0.267 e. The Kier molecular flexibility index (Phi) is 6.41. The first kappa shape index (κ1) is 22.5. The van der Waals surface area contributed by atoms with Crippen LogP contribution in [-0.4, -0.2) is 32.6 Å². The largest absolute Gasteiger partial charge is 0.467 e. The standard InChI is InChI=1S/C24H27N5O4/c1-15(2)32-12-6-10-28-20(25)18(23(30)26-14-17-8-5-11-33-17)13-19-22(28)27-21-16(3)7-4-9-29(21)24(19)31/h4-5,7-9,11,13,15,25H,6,10,12,14H2,1-3H3,(H,26,30). The van der Waals surface area contributed by atoms with E-state index in [1.54, 1.807) is 29.0 Å². The molecule has 4 aromatic rings. The molecule has 0 aliphatic heterocycles. The van der Waals surface area contributed by atoms with Crippen LogP contribution < -0.4 is 16.4 Å². The molecular formula is C24H27N5O4. The molecule has 0 unspecified atom stereocenters. The molecule has 0 saturated heterocycles. The SMILES string of the molecule is Cc1cccn2c(=O)c3cc(C(=O)NCc4ccco4)c(=N)n(CCCOC(C)C)c3nc12. The van der Waals surface area contributed by atoms with E-state index in [1.807, 2.05) is 26.8 Å². The predicted octanol–water partition coefficient (Wildman–Crippen LogP) is 2.78. The van der Waals surface area contributed by atoms with E-state index < -0.39 is 5.91 Å². The van der Waals surface area contributed by atoms with Crippen molar-refractivity contribution in [3.63, 3.8) is 0 Å². The number of fused-ring (bicyclic) bond motifs is 2. The number of furan rings is 1. The topological polar surface area (TPSA) is 115 Å². The number of ether oxygens (including phenoxy) is 1. The average molecular weight is 450 g/mol. The minimum Gasteiger partial charge on any atom is -0.467 e. The highest BCUT2D eigenvalue weighted by Crippen LogP contribution is 2.13. The Morgan fingerprint density at radius 3 is 2.82 bits per heavy atom. The van der Waals surface area contributed by atoms with Gasteiger partial charge in [-0.25, -0.2) is 4.98 Å². The summed E-state index contributed by atoms with van der Waals surface area (Å²) in [7, 11) is 0. The summed E-state index contributed by atoms with van der Waals surface area (Å²) in [6.07, 6.45) is 3.88. The molecule has 4 rings (SSSR count). The van der Waals surface area contributed by atoms with Gasteiger partial charge < -0.3 is 19.0 Å². The highest BCUT2D eigenvalue weighted by molar-refractivity contribution is 5.96. The maximum absolute atomic E-state index is 13.3. The molecular weight excluding hydrogens is 422 g/mol. The van der Waals surface area contributed by atoms with Gasteiger partial charge in [-0.05, 0) is 57.0 Å². The number of nitrogens with one attached hydrogen (secondary N) is 2. The maximum Gasteiger partial charge on any atom is 0.267 e. The predicted molar refractivity (Wildman–Crippen MR) is 123 cm³/mol. The number of hydrogen-bond donors (Lipinski definition) is 2. The van der Waals surface area contributed by atoms with Crippen molar-refractivity contribution in [3.8, 4) is 0 Å².